The molecule has 2 rings (SSSR count). The third-order valence-corrected chi connectivity index (χ3v) is 3.36. The molecule has 1 atom stereocenters. The lowest BCUT2D eigenvalue weighted by Crippen LogP contribution is -2.05. The van der Waals surface area contributed by atoms with Gasteiger partial charge in [-0.25, -0.2) is 0 Å². The minimum absolute atomic E-state index is 0.0812. The molecule has 2 aromatic carbocycles. The van der Waals surface area contributed by atoms with E-state index in [0.29, 0.717) is 5.02 Å². The number of nitrogens with two attached hydrogens (primary N) is 1. The van der Waals surface area contributed by atoms with Gasteiger partial charge in [-0.2, -0.15) is 0 Å². The summed E-state index contributed by atoms with van der Waals surface area (Å²) in [5.74, 6) is 1.58. The summed E-state index contributed by atoms with van der Waals surface area (Å²) in [7, 11) is 0. The lowest BCUT2D eigenvalue weighted by molar-refractivity contribution is 0.478. The fourth-order valence-corrected chi connectivity index (χ4v) is 2.23. The summed E-state index contributed by atoms with van der Waals surface area (Å²) in [6, 6.07) is 11.7. The molecule has 0 radical (unpaired) electrons. The molecule has 2 N–H and O–H groups in total. The zero-order valence-corrected chi connectivity index (χ0v) is 12.2. The van der Waals surface area contributed by atoms with E-state index in [1.165, 1.54) is 5.56 Å². The van der Waals surface area contributed by atoms with Gasteiger partial charge in [0.15, 0.2) is 0 Å². The van der Waals surface area contributed by atoms with E-state index in [1.807, 2.05) is 51.1 Å². The highest BCUT2D eigenvalue weighted by atomic mass is 35.5. The van der Waals surface area contributed by atoms with Gasteiger partial charge in [-0.1, -0.05) is 29.8 Å². The molecule has 0 aromatic heterocycles. The lowest BCUT2D eigenvalue weighted by atomic mass is 10.1. The molecule has 0 bridgehead atoms. The SMILES string of the molecule is Cc1ccc(C)c(Oc2ccc(C(C)N)c(Cl)c2)c1. The van der Waals surface area contributed by atoms with Crippen LogP contribution in [0, 0.1) is 13.8 Å². The molecule has 3 heteroatoms. The first-order valence-electron chi connectivity index (χ1n) is 6.27. The monoisotopic (exact) mass is 275 g/mol. The normalized spacial score (nSPS) is 12.3. The number of rotatable bonds is 3. The number of halogens is 1. The van der Waals surface area contributed by atoms with Crippen molar-refractivity contribution in [2.24, 2.45) is 5.73 Å². The highest BCUT2D eigenvalue weighted by Gasteiger charge is 2.08. The summed E-state index contributed by atoms with van der Waals surface area (Å²) in [6.45, 7) is 5.97. The van der Waals surface area contributed by atoms with Crippen molar-refractivity contribution in [2.75, 3.05) is 0 Å². The van der Waals surface area contributed by atoms with Crippen LogP contribution >= 0.6 is 11.6 Å². The summed E-state index contributed by atoms with van der Waals surface area (Å²) in [5.41, 5.74) is 9.02. The second-order valence-electron chi connectivity index (χ2n) is 4.84. The van der Waals surface area contributed by atoms with Gasteiger partial charge in [0.05, 0.1) is 0 Å². The molecule has 0 amide bonds. The summed E-state index contributed by atoms with van der Waals surface area (Å²) in [6.07, 6.45) is 0. The molecule has 19 heavy (non-hydrogen) atoms. The fourth-order valence-electron chi connectivity index (χ4n) is 1.88. The van der Waals surface area contributed by atoms with Crippen LogP contribution in [0.2, 0.25) is 5.02 Å². The number of benzene rings is 2. The molecule has 0 aliphatic heterocycles. The molecular formula is C16H18ClNO. The molecule has 1 unspecified atom stereocenters. The predicted molar refractivity (Wildman–Crippen MR) is 80.0 cm³/mol. The van der Waals surface area contributed by atoms with Gasteiger partial charge in [0.2, 0.25) is 0 Å². The Kier molecular flexibility index (Phi) is 4.13. The van der Waals surface area contributed by atoms with Gasteiger partial charge in [0.25, 0.3) is 0 Å². The molecule has 0 fully saturated rings. The van der Waals surface area contributed by atoms with Crippen molar-refractivity contribution in [1.82, 2.24) is 0 Å². The Morgan fingerprint density at radius 1 is 1.11 bits per heavy atom. The van der Waals surface area contributed by atoms with Crippen LogP contribution in [-0.4, -0.2) is 0 Å². The predicted octanol–water partition coefficient (Wildman–Crippen LogP) is 4.77. The smallest absolute Gasteiger partial charge is 0.130 e. The molecule has 100 valence electrons. The summed E-state index contributed by atoms with van der Waals surface area (Å²) < 4.78 is 5.88. The Bertz CT molecular complexity index is 593. The van der Waals surface area contributed by atoms with Crippen LogP contribution in [0.15, 0.2) is 36.4 Å². The van der Waals surface area contributed by atoms with Crippen molar-refractivity contribution in [3.8, 4) is 11.5 Å². The first-order valence-corrected chi connectivity index (χ1v) is 6.65. The minimum Gasteiger partial charge on any atom is -0.457 e. The summed E-state index contributed by atoms with van der Waals surface area (Å²) in [4.78, 5) is 0. The zero-order chi connectivity index (χ0) is 14.0. The maximum Gasteiger partial charge on any atom is 0.130 e. The largest absolute Gasteiger partial charge is 0.457 e. The summed E-state index contributed by atoms with van der Waals surface area (Å²) >= 11 is 6.20. The van der Waals surface area contributed by atoms with Crippen molar-refractivity contribution >= 4 is 11.6 Å². The number of ether oxygens (including phenoxy) is 1. The Balaban J connectivity index is 2.29. The van der Waals surface area contributed by atoms with Crippen LogP contribution in [0.25, 0.3) is 0 Å². The van der Waals surface area contributed by atoms with Crippen LogP contribution in [0.3, 0.4) is 0 Å². The van der Waals surface area contributed by atoms with Gasteiger partial charge in [-0.3, -0.25) is 0 Å². The molecule has 2 aromatic rings. The molecule has 0 heterocycles. The van der Waals surface area contributed by atoms with E-state index in [9.17, 15) is 0 Å². The standard InChI is InChI=1S/C16H18ClNO/c1-10-4-5-11(2)16(8-10)19-13-6-7-14(12(3)18)15(17)9-13/h4-9,12H,18H2,1-3H3. The van der Waals surface area contributed by atoms with Crippen molar-refractivity contribution in [3.63, 3.8) is 0 Å². The lowest BCUT2D eigenvalue weighted by Gasteiger charge is -2.12. The maximum atomic E-state index is 6.20. The number of hydrogen-bond donors (Lipinski definition) is 1. The van der Waals surface area contributed by atoms with Gasteiger partial charge >= 0.3 is 0 Å². The van der Waals surface area contributed by atoms with Gasteiger partial charge in [-0.15, -0.1) is 0 Å². The van der Waals surface area contributed by atoms with Crippen LogP contribution in [0.4, 0.5) is 0 Å². The highest BCUT2D eigenvalue weighted by molar-refractivity contribution is 6.31. The fraction of sp³-hybridized carbons (Fsp3) is 0.250. The Labute approximate surface area is 119 Å². The Hall–Kier alpha value is -1.51. The zero-order valence-electron chi connectivity index (χ0n) is 11.4. The molecule has 0 aliphatic rings. The van der Waals surface area contributed by atoms with Gasteiger partial charge in [0.1, 0.15) is 11.5 Å². The molecule has 2 nitrogen and oxygen atoms in total. The van der Waals surface area contributed by atoms with Crippen LogP contribution in [-0.2, 0) is 0 Å². The number of aryl methyl sites for hydroxylation is 2. The van der Waals surface area contributed by atoms with Crippen molar-refractivity contribution in [1.29, 1.82) is 0 Å². The van der Waals surface area contributed by atoms with E-state index in [2.05, 4.69) is 6.07 Å². The molecular weight excluding hydrogens is 258 g/mol. The van der Waals surface area contributed by atoms with Crippen LogP contribution in [0.5, 0.6) is 11.5 Å². The van der Waals surface area contributed by atoms with E-state index >= 15 is 0 Å². The third kappa shape index (κ3) is 3.28. The minimum atomic E-state index is -0.0812. The highest BCUT2D eigenvalue weighted by Crippen LogP contribution is 2.30. The first-order chi connectivity index (χ1) is 8.97. The van der Waals surface area contributed by atoms with E-state index < -0.39 is 0 Å². The second kappa shape index (κ2) is 5.64. The third-order valence-electron chi connectivity index (χ3n) is 3.03. The first kappa shape index (κ1) is 13.9. The quantitative estimate of drug-likeness (QED) is 0.876. The van der Waals surface area contributed by atoms with E-state index in [4.69, 9.17) is 22.1 Å². The average molecular weight is 276 g/mol. The van der Waals surface area contributed by atoms with Gasteiger partial charge < -0.3 is 10.5 Å². The van der Waals surface area contributed by atoms with Crippen molar-refractivity contribution < 1.29 is 4.74 Å². The topological polar surface area (TPSA) is 35.2 Å². The Morgan fingerprint density at radius 2 is 1.84 bits per heavy atom. The van der Waals surface area contributed by atoms with E-state index in [0.717, 1.165) is 22.6 Å². The van der Waals surface area contributed by atoms with Crippen molar-refractivity contribution in [3.05, 3.63) is 58.1 Å². The summed E-state index contributed by atoms with van der Waals surface area (Å²) in [5, 5.41) is 0.637. The second-order valence-corrected chi connectivity index (χ2v) is 5.25. The molecule has 0 aliphatic carbocycles. The van der Waals surface area contributed by atoms with Gasteiger partial charge in [0, 0.05) is 11.1 Å². The molecule has 0 spiro atoms. The maximum absolute atomic E-state index is 6.20. The van der Waals surface area contributed by atoms with Crippen molar-refractivity contribution in [2.45, 2.75) is 26.8 Å². The Morgan fingerprint density at radius 3 is 2.47 bits per heavy atom. The molecule has 0 saturated carbocycles. The van der Waals surface area contributed by atoms with E-state index in [1.54, 1.807) is 0 Å². The molecule has 0 saturated heterocycles. The average Bonchev–Trinajstić information content (AvgIpc) is 2.33. The van der Waals surface area contributed by atoms with Crippen LogP contribution < -0.4 is 10.5 Å². The number of hydrogen-bond acceptors (Lipinski definition) is 2. The van der Waals surface area contributed by atoms with Gasteiger partial charge in [-0.05, 0) is 55.7 Å². The van der Waals surface area contributed by atoms with E-state index in [-0.39, 0.29) is 6.04 Å². The van der Waals surface area contributed by atoms with Crippen LogP contribution in [0.1, 0.15) is 29.7 Å².